The second-order valence-electron chi connectivity index (χ2n) is 6.43. The van der Waals surface area contributed by atoms with Crippen LogP contribution in [0.2, 0.25) is 5.02 Å². The number of amides is 1. The minimum Gasteiger partial charge on any atom is -0.348 e. The van der Waals surface area contributed by atoms with Gasteiger partial charge in [0.2, 0.25) is 5.91 Å². The number of fused-ring (bicyclic) bond motifs is 1. The highest BCUT2D eigenvalue weighted by molar-refractivity contribution is 8.00. The zero-order chi connectivity index (χ0) is 19.7. The third kappa shape index (κ3) is 3.73. The molecule has 1 amide bonds. The van der Waals surface area contributed by atoms with Gasteiger partial charge >= 0.3 is 0 Å². The van der Waals surface area contributed by atoms with Crippen molar-refractivity contribution in [2.75, 3.05) is 14.1 Å². The van der Waals surface area contributed by atoms with Gasteiger partial charge in [-0.2, -0.15) is 0 Å². The fraction of sp³-hybridized carbons (Fsp3) is 0.250. The molecule has 27 heavy (non-hydrogen) atoms. The molecule has 0 spiro atoms. The Morgan fingerprint density at radius 3 is 2.59 bits per heavy atom. The maximum atomic E-state index is 13.3. The van der Waals surface area contributed by atoms with Crippen molar-refractivity contribution in [3.63, 3.8) is 0 Å². The van der Waals surface area contributed by atoms with Gasteiger partial charge in [-0.15, -0.1) is 0 Å². The van der Waals surface area contributed by atoms with E-state index in [2.05, 4.69) is 4.98 Å². The minimum absolute atomic E-state index is 0.0447. The second kappa shape index (κ2) is 7.74. The fourth-order valence-corrected chi connectivity index (χ4v) is 4.05. The normalized spacial score (nSPS) is 12.2. The van der Waals surface area contributed by atoms with E-state index in [0.29, 0.717) is 26.8 Å². The van der Waals surface area contributed by atoms with Crippen LogP contribution in [0.4, 0.5) is 0 Å². The highest BCUT2D eigenvalue weighted by Crippen LogP contribution is 2.28. The van der Waals surface area contributed by atoms with Crippen molar-refractivity contribution < 1.29 is 4.79 Å². The first-order valence-corrected chi connectivity index (χ1v) is 9.72. The summed E-state index contributed by atoms with van der Waals surface area (Å²) in [5.41, 5.74) is 1.87. The molecule has 7 heteroatoms. The van der Waals surface area contributed by atoms with E-state index >= 15 is 0 Å². The Labute approximate surface area is 167 Å². The summed E-state index contributed by atoms with van der Waals surface area (Å²) in [7, 11) is 3.42. The second-order valence-corrected chi connectivity index (χ2v) is 8.14. The van der Waals surface area contributed by atoms with Crippen molar-refractivity contribution in [2.45, 2.75) is 24.3 Å². The maximum Gasteiger partial charge on any atom is 0.266 e. The molecular weight excluding hydrogens is 382 g/mol. The number of nitrogens with zero attached hydrogens (tertiary/aromatic N) is 3. The van der Waals surface area contributed by atoms with Crippen molar-refractivity contribution in [2.24, 2.45) is 0 Å². The SMILES string of the molecule is Cc1c(Cl)cccc1-n1c(S[C@H](C)C(=O)N(C)C)nc2ccccc2c1=O. The van der Waals surface area contributed by atoms with E-state index in [4.69, 9.17) is 11.6 Å². The van der Waals surface area contributed by atoms with E-state index in [1.54, 1.807) is 42.9 Å². The number of carbonyl (C=O) groups is 1. The first-order valence-electron chi connectivity index (χ1n) is 8.46. The number of carbonyl (C=O) groups excluding carboxylic acids is 1. The summed E-state index contributed by atoms with van der Waals surface area (Å²) < 4.78 is 1.55. The average molecular weight is 402 g/mol. The van der Waals surface area contributed by atoms with Crippen LogP contribution < -0.4 is 5.56 Å². The molecule has 0 saturated carbocycles. The Hall–Kier alpha value is -2.31. The van der Waals surface area contributed by atoms with Crippen molar-refractivity contribution in [1.29, 1.82) is 0 Å². The maximum absolute atomic E-state index is 13.3. The molecule has 0 unspecified atom stereocenters. The first kappa shape index (κ1) is 19.5. The van der Waals surface area contributed by atoms with Crippen LogP contribution >= 0.6 is 23.4 Å². The summed E-state index contributed by atoms with van der Waals surface area (Å²) in [6, 6.07) is 12.6. The van der Waals surface area contributed by atoms with Crippen LogP contribution in [0.25, 0.3) is 16.6 Å². The number of hydrogen-bond acceptors (Lipinski definition) is 4. The molecule has 1 aromatic heterocycles. The molecule has 5 nitrogen and oxygen atoms in total. The topological polar surface area (TPSA) is 55.2 Å². The summed E-state index contributed by atoms with van der Waals surface area (Å²) in [5, 5.41) is 1.17. The molecule has 1 heterocycles. The van der Waals surface area contributed by atoms with Crippen LogP contribution in [-0.4, -0.2) is 39.7 Å². The number of hydrogen-bond donors (Lipinski definition) is 0. The predicted octanol–water partition coefficient (Wildman–Crippen LogP) is 3.92. The molecule has 0 aliphatic rings. The minimum atomic E-state index is -0.390. The molecule has 0 aliphatic heterocycles. The zero-order valence-corrected chi connectivity index (χ0v) is 17.1. The fourth-order valence-electron chi connectivity index (χ4n) is 2.81. The molecule has 2 aromatic carbocycles. The predicted molar refractivity (Wildman–Crippen MR) is 111 cm³/mol. The Morgan fingerprint density at radius 1 is 1.19 bits per heavy atom. The Morgan fingerprint density at radius 2 is 1.89 bits per heavy atom. The number of aromatic nitrogens is 2. The summed E-state index contributed by atoms with van der Waals surface area (Å²) in [6.45, 7) is 3.67. The largest absolute Gasteiger partial charge is 0.348 e. The highest BCUT2D eigenvalue weighted by Gasteiger charge is 2.22. The molecular formula is C20H20ClN3O2S. The Balaban J connectivity index is 2.26. The van der Waals surface area contributed by atoms with Crippen molar-refractivity contribution >= 4 is 40.2 Å². The molecule has 0 saturated heterocycles. The lowest BCUT2D eigenvalue weighted by molar-refractivity contribution is -0.127. The van der Waals surface area contributed by atoms with Crippen LogP contribution in [-0.2, 0) is 4.79 Å². The van der Waals surface area contributed by atoms with Crippen molar-refractivity contribution in [3.05, 3.63) is 63.4 Å². The van der Waals surface area contributed by atoms with Gasteiger partial charge in [0.05, 0.1) is 21.8 Å². The van der Waals surface area contributed by atoms with E-state index < -0.39 is 0 Å². The summed E-state index contributed by atoms with van der Waals surface area (Å²) in [6.07, 6.45) is 0. The summed E-state index contributed by atoms with van der Waals surface area (Å²) in [4.78, 5) is 31.8. The summed E-state index contributed by atoms with van der Waals surface area (Å²) >= 11 is 7.54. The average Bonchev–Trinajstić information content (AvgIpc) is 2.64. The molecule has 1 atom stereocenters. The Bertz CT molecular complexity index is 1080. The molecule has 3 rings (SSSR count). The van der Waals surface area contributed by atoms with Crippen LogP contribution in [0, 0.1) is 6.92 Å². The number of rotatable bonds is 4. The lowest BCUT2D eigenvalue weighted by Gasteiger charge is -2.19. The van der Waals surface area contributed by atoms with Crippen molar-refractivity contribution in [1.82, 2.24) is 14.5 Å². The zero-order valence-electron chi connectivity index (χ0n) is 15.6. The third-order valence-corrected chi connectivity index (χ3v) is 5.74. The number of thioether (sulfide) groups is 1. The number of benzene rings is 2. The van der Waals surface area contributed by atoms with Gasteiger partial charge in [-0.05, 0) is 43.7 Å². The van der Waals surface area contributed by atoms with Gasteiger partial charge in [0, 0.05) is 19.1 Å². The van der Waals surface area contributed by atoms with Gasteiger partial charge < -0.3 is 4.90 Å². The van der Waals surface area contributed by atoms with Gasteiger partial charge in [-0.3, -0.25) is 14.2 Å². The van der Waals surface area contributed by atoms with Gasteiger partial charge in [0.1, 0.15) is 0 Å². The van der Waals surface area contributed by atoms with E-state index in [9.17, 15) is 9.59 Å². The lowest BCUT2D eigenvalue weighted by atomic mass is 10.2. The first-order chi connectivity index (χ1) is 12.8. The van der Waals surface area contributed by atoms with Crippen LogP contribution in [0.15, 0.2) is 52.4 Å². The monoisotopic (exact) mass is 401 g/mol. The third-order valence-electron chi connectivity index (χ3n) is 4.30. The standard InChI is InChI=1S/C20H20ClN3O2S/c1-12-15(21)9-7-11-17(12)24-19(26)14-8-5-6-10-16(14)22-20(24)27-13(2)18(25)23(3)4/h5-11,13H,1-4H3/t13-/m1/s1. The molecule has 0 fully saturated rings. The Kier molecular flexibility index (Phi) is 5.58. The van der Waals surface area contributed by atoms with Gasteiger partial charge in [0.25, 0.3) is 5.56 Å². The van der Waals surface area contributed by atoms with Crippen LogP contribution in [0.5, 0.6) is 0 Å². The van der Waals surface area contributed by atoms with E-state index in [1.165, 1.54) is 16.7 Å². The van der Waals surface area contributed by atoms with Crippen LogP contribution in [0.1, 0.15) is 12.5 Å². The molecule has 0 bridgehead atoms. The van der Waals surface area contributed by atoms with E-state index in [-0.39, 0.29) is 16.7 Å². The molecule has 140 valence electrons. The number of halogens is 1. The van der Waals surface area contributed by atoms with Crippen molar-refractivity contribution in [3.8, 4) is 5.69 Å². The summed E-state index contributed by atoms with van der Waals surface area (Å²) in [5.74, 6) is -0.0447. The smallest absolute Gasteiger partial charge is 0.266 e. The molecule has 0 N–H and O–H groups in total. The van der Waals surface area contributed by atoms with E-state index in [1.807, 2.05) is 32.0 Å². The quantitative estimate of drug-likeness (QED) is 0.491. The highest BCUT2D eigenvalue weighted by atomic mass is 35.5. The van der Waals surface area contributed by atoms with E-state index in [0.717, 1.165) is 5.56 Å². The molecule has 0 aliphatic carbocycles. The molecule has 0 radical (unpaired) electrons. The van der Waals surface area contributed by atoms with Crippen LogP contribution in [0.3, 0.4) is 0 Å². The lowest BCUT2D eigenvalue weighted by Crippen LogP contribution is -2.31. The number of para-hydroxylation sites is 1. The molecule has 3 aromatic rings. The van der Waals surface area contributed by atoms with Gasteiger partial charge in [-0.25, -0.2) is 4.98 Å². The van der Waals surface area contributed by atoms with Gasteiger partial charge in [0.15, 0.2) is 5.16 Å². The van der Waals surface area contributed by atoms with Gasteiger partial charge in [-0.1, -0.05) is 41.6 Å².